The fraction of sp³-hybridized carbons (Fsp3) is 0.600. The maximum absolute atomic E-state index is 12.5. The van der Waals surface area contributed by atoms with Crippen molar-refractivity contribution in [3.05, 3.63) is 23.8 Å². The summed E-state index contributed by atoms with van der Waals surface area (Å²) in [6.07, 6.45) is -2.79. The number of rotatable bonds is 3. The van der Waals surface area contributed by atoms with E-state index in [-0.39, 0.29) is 5.75 Å². The van der Waals surface area contributed by atoms with Crippen LogP contribution in [0, 0.1) is 6.92 Å². The van der Waals surface area contributed by atoms with E-state index in [2.05, 4.69) is 9.64 Å². The molecular weight excluding hydrogens is 281 g/mol. The summed E-state index contributed by atoms with van der Waals surface area (Å²) in [6.45, 7) is 3.23. The molecule has 1 aromatic rings. The van der Waals surface area contributed by atoms with Crippen LogP contribution in [0.5, 0.6) is 5.75 Å². The quantitative estimate of drug-likeness (QED) is 0.851. The first-order chi connectivity index (χ1) is 9.76. The smallest absolute Gasteiger partial charge is 0.404 e. The molecule has 0 unspecified atom stereocenters. The van der Waals surface area contributed by atoms with Gasteiger partial charge in [0.1, 0.15) is 0 Å². The van der Waals surface area contributed by atoms with Gasteiger partial charge in [-0.3, -0.25) is 0 Å². The maximum atomic E-state index is 12.5. The summed E-state index contributed by atoms with van der Waals surface area (Å²) in [5, 5.41) is 0. The van der Waals surface area contributed by atoms with E-state index in [1.165, 1.54) is 6.07 Å². The van der Waals surface area contributed by atoms with Crippen LogP contribution in [0.15, 0.2) is 18.2 Å². The molecule has 0 saturated carbocycles. The van der Waals surface area contributed by atoms with E-state index in [1.807, 2.05) is 25.1 Å². The molecule has 118 valence electrons. The molecule has 0 bridgehead atoms. The Kier molecular flexibility index (Phi) is 4.66. The van der Waals surface area contributed by atoms with Crippen molar-refractivity contribution < 1.29 is 17.9 Å². The molecular formula is C15H21F3N2O. The van der Waals surface area contributed by atoms with Gasteiger partial charge in [0.05, 0.1) is 5.69 Å². The molecule has 1 aliphatic heterocycles. The molecule has 1 aromatic carbocycles. The number of hydrogen-bond donors (Lipinski definition) is 0. The van der Waals surface area contributed by atoms with Gasteiger partial charge in [-0.05, 0) is 51.6 Å². The van der Waals surface area contributed by atoms with Gasteiger partial charge in [-0.1, -0.05) is 6.07 Å². The molecule has 3 nitrogen and oxygen atoms in total. The van der Waals surface area contributed by atoms with Crippen LogP contribution in [0.25, 0.3) is 0 Å². The van der Waals surface area contributed by atoms with E-state index in [1.54, 1.807) is 13.0 Å². The third kappa shape index (κ3) is 4.27. The van der Waals surface area contributed by atoms with Crippen molar-refractivity contribution in [3.8, 4) is 5.75 Å². The lowest BCUT2D eigenvalue weighted by Crippen LogP contribution is -2.42. The van der Waals surface area contributed by atoms with Crippen molar-refractivity contribution >= 4 is 5.69 Å². The van der Waals surface area contributed by atoms with Gasteiger partial charge in [0.15, 0.2) is 5.75 Å². The van der Waals surface area contributed by atoms with E-state index in [4.69, 9.17) is 0 Å². The van der Waals surface area contributed by atoms with Crippen molar-refractivity contribution in [3.63, 3.8) is 0 Å². The highest BCUT2D eigenvalue weighted by Crippen LogP contribution is 2.35. The Balaban J connectivity index is 2.16. The average Bonchev–Trinajstić information content (AvgIpc) is 2.37. The van der Waals surface area contributed by atoms with Crippen molar-refractivity contribution in [2.45, 2.75) is 32.2 Å². The van der Waals surface area contributed by atoms with Gasteiger partial charge in [0.25, 0.3) is 0 Å². The number of halogens is 3. The zero-order valence-electron chi connectivity index (χ0n) is 12.6. The van der Waals surface area contributed by atoms with Crippen LogP contribution in [0.2, 0.25) is 0 Å². The average molecular weight is 302 g/mol. The third-order valence-corrected chi connectivity index (χ3v) is 3.88. The molecule has 21 heavy (non-hydrogen) atoms. The number of alkyl halides is 3. The van der Waals surface area contributed by atoms with Crippen molar-refractivity contribution in [2.75, 3.05) is 32.1 Å². The summed E-state index contributed by atoms with van der Waals surface area (Å²) in [6, 6.07) is 5.46. The van der Waals surface area contributed by atoms with Crippen LogP contribution in [0.3, 0.4) is 0 Å². The zero-order valence-corrected chi connectivity index (χ0v) is 12.6. The van der Waals surface area contributed by atoms with Crippen LogP contribution < -0.4 is 9.64 Å². The highest BCUT2D eigenvalue weighted by atomic mass is 19.4. The highest BCUT2D eigenvalue weighted by molar-refractivity contribution is 5.60. The summed E-state index contributed by atoms with van der Waals surface area (Å²) in [7, 11) is 4.06. The van der Waals surface area contributed by atoms with Crippen LogP contribution in [0.4, 0.5) is 18.9 Å². The summed E-state index contributed by atoms with van der Waals surface area (Å²) in [4.78, 5) is 4.14. The number of anilines is 1. The Hall–Kier alpha value is -1.43. The Labute approximate surface area is 123 Å². The SMILES string of the molecule is Cc1ccc(N2CCC(N(C)C)CC2)c(OC(F)(F)F)c1. The van der Waals surface area contributed by atoms with E-state index in [9.17, 15) is 13.2 Å². The van der Waals surface area contributed by atoms with E-state index >= 15 is 0 Å². The van der Waals surface area contributed by atoms with Gasteiger partial charge >= 0.3 is 6.36 Å². The predicted octanol–water partition coefficient (Wildman–Crippen LogP) is 3.42. The van der Waals surface area contributed by atoms with Gasteiger partial charge in [-0.25, -0.2) is 0 Å². The highest BCUT2D eigenvalue weighted by Gasteiger charge is 2.33. The number of aryl methyl sites for hydroxylation is 1. The molecule has 0 amide bonds. The Morgan fingerprint density at radius 3 is 2.33 bits per heavy atom. The van der Waals surface area contributed by atoms with Crippen LogP contribution >= 0.6 is 0 Å². The summed E-state index contributed by atoms with van der Waals surface area (Å²) in [5.74, 6) is -0.106. The molecule has 0 aromatic heterocycles. The number of benzene rings is 1. The second kappa shape index (κ2) is 6.13. The molecule has 1 fully saturated rings. The molecule has 1 aliphatic rings. The predicted molar refractivity (Wildman–Crippen MR) is 76.8 cm³/mol. The lowest BCUT2D eigenvalue weighted by atomic mass is 10.0. The standard InChI is InChI=1S/C15H21F3N2O/c1-11-4-5-13(14(10-11)21-15(16,17)18)20-8-6-12(7-9-20)19(2)3/h4-5,10,12H,6-9H2,1-3H3. The summed E-state index contributed by atoms with van der Waals surface area (Å²) in [5.41, 5.74) is 1.27. The minimum absolute atomic E-state index is 0.106. The Morgan fingerprint density at radius 1 is 1.19 bits per heavy atom. The van der Waals surface area contributed by atoms with Gasteiger partial charge in [-0.15, -0.1) is 13.2 Å². The van der Waals surface area contributed by atoms with Crippen LogP contribution in [0.1, 0.15) is 18.4 Å². The molecule has 0 spiro atoms. The van der Waals surface area contributed by atoms with Crippen LogP contribution in [-0.2, 0) is 0 Å². The summed E-state index contributed by atoms with van der Waals surface area (Å²) < 4.78 is 41.8. The Bertz CT molecular complexity index is 480. The van der Waals surface area contributed by atoms with Crippen LogP contribution in [-0.4, -0.2) is 44.5 Å². The first-order valence-corrected chi connectivity index (χ1v) is 7.04. The molecule has 0 aliphatic carbocycles. The fourth-order valence-corrected chi connectivity index (χ4v) is 2.71. The van der Waals surface area contributed by atoms with E-state index in [0.717, 1.165) is 31.5 Å². The zero-order chi connectivity index (χ0) is 15.6. The van der Waals surface area contributed by atoms with Crippen molar-refractivity contribution in [1.29, 1.82) is 0 Å². The number of nitrogens with zero attached hydrogens (tertiary/aromatic N) is 2. The lowest BCUT2D eigenvalue weighted by Gasteiger charge is -2.37. The maximum Gasteiger partial charge on any atom is 0.573 e. The second-order valence-electron chi connectivity index (χ2n) is 5.70. The van der Waals surface area contributed by atoms with E-state index in [0.29, 0.717) is 11.7 Å². The van der Waals surface area contributed by atoms with Gasteiger partial charge in [-0.2, -0.15) is 0 Å². The molecule has 0 atom stereocenters. The largest absolute Gasteiger partial charge is 0.573 e. The molecule has 0 N–H and O–H groups in total. The number of ether oxygens (including phenoxy) is 1. The minimum Gasteiger partial charge on any atom is -0.404 e. The molecule has 2 rings (SSSR count). The molecule has 1 saturated heterocycles. The Morgan fingerprint density at radius 2 is 1.81 bits per heavy atom. The topological polar surface area (TPSA) is 15.7 Å². The first-order valence-electron chi connectivity index (χ1n) is 7.04. The minimum atomic E-state index is -4.66. The monoisotopic (exact) mass is 302 g/mol. The number of hydrogen-bond acceptors (Lipinski definition) is 3. The normalized spacial score (nSPS) is 17.4. The van der Waals surface area contributed by atoms with Crippen molar-refractivity contribution in [2.24, 2.45) is 0 Å². The molecule has 6 heteroatoms. The second-order valence-corrected chi connectivity index (χ2v) is 5.70. The van der Waals surface area contributed by atoms with Crippen molar-refractivity contribution in [1.82, 2.24) is 4.90 Å². The summed E-state index contributed by atoms with van der Waals surface area (Å²) >= 11 is 0. The third-order valence-electron chi connectivity index (χ3n) is 3.88. The van der Waals surface area contributed by atoms with Gasteiger partial charge in [0, 0.05) is 19.1 Å². The molecule has 1 heterocycles. The van der Waals surface area contributed by atoms with Gasteiger partial charge in [0.2, 0.25) is 0 Å². The first kappa shape index (κ1) is 15.9. The van der Waals surface area contributed by atoms with Gasteiger partial charge < -0.3 is 14.5 Å². The van der Waals surface area contributed by atoms with E-state index < -0.39 is 6.36 Å². The molecule has 0 radical (unpaired) electrons. The number of piperidine rings is 1. The fourth-order valence-electron chi connectivity index (χ4n) is 2.71. The lowest BCUT2D eigenvalue weighted by molar-refractivity contribution is -0.274.